The van der Waals surface area contributed by atoms with Gasteiger partial charge in [-0.2, -0.15) is 0 Å². The van der Waals surface area contributed by atoms with Crippen molar-refractivity contribution in [2.24, 2.45) is 5.92 Å². The third-order valence-corrected chi connectivity index (χ3v) is 5.43. The summed E-state index contributed by atoms with van der Waals surface area (Å²) in [5.74, 6) is 1.61. The van der Waals surface area contributed by atoms with Crippen LogP contribution in [0.15, 0.2) is 55.0 Å². The molecule has 30 heavy (non-hydrogen) atoms. The second-order valence-electron chi connectivity index (χ2n) is 7.62. The molecule has 0 aliphatic carbocycles. The van der Waals surface area contributed by atoms with E-state index in [9.17, 15) is 10.1 Å². The Morgan fingerprint density at radius 2 is 1.90 bits per heavy atom. The lowest BCUT2D eigenvalue weighted by Crippen LogP contribution is -2.35. The van der Waals surface area contributed by atoms with Crippen LogP contribution in [-0.2, 0) is 6.42 Å². The van der Waals surface area contributed by atoms with E-state index in [4.69, 9.17) is 0 Å². The number of hydrogen-bond acceptors (Lipinski definition) is 7. The fraction of sp³-hybridized carbons (Fsp3) is 0.318. The van der Waals surface area contributed by atoms with Crippen LogP contribution in [0.1, 0.15) is 24.0 Å². The van der Waals surface area contributed by atoms with Crippen LogP contribution in [0.4, 0.5) is 23.1 Å². The maximum absolute atomic E-state index is 11.9. The van der Waals surface area contributed by atoms with E-state index in [1.807, 2.05) is 30.0 Å². The average Bonchev–Trinajstić information content (AvgIpc) is 2.75. The minimum atomic E-state index is -0.413. The highest BCUT2D eigenvalue weighted by Gasteiger charge is 2.30. The monoisotopic (exact) mass is 404 g/mol. The summed E-state index contributed by atoms with van der Waals surface area (Å²) >= 11 is 0. The summed E-state index contributed by atoms with van der Waals surface area (Å²) in [5, 5.41) is 14.9. The molecular formula is C22H24N6O2. The van der Waals surface area contributed by atoms with Gasteiger partial charge in [0.05, 0.1) is 4.92 Å². The van der Waals surface area contributed by atoms with Gasteiger partial charge < -0.3 is 10.2 Å². The molecule has 0 atom stereocenters. The zero-order chi connectivity index (χ0) is 20.9. The molecule has 3 aromatic rings. The van der Waals surface area contributed by atoms with Gasteiger partial charge in [0.25, 0.3) is 0 Å². The third kappa shape index (κ3) is 4.53. The summed E-state index contributed by atoms with van der Waals surface area (Å²) in [7, 11) is 0. The Bertz CT molecular complexity index is 1020. The van der Waals surface area contributed by atoms with Crippen LogP contribution in [0.2, 0.25) is 0 Å². The molecule has 1 aliphatic rings. The summed E-state index contributed by atoms with van der Waals surface area (Å²) in [6.45, 7) is 3.40. The summed E-state index contributed by atoms with van der Waals surface area (Å²) in [6, 6.07) is 14.1. The van der Waals surface area contributed by atoms with Gasteiger partial charge in [0.15, 0.2) is 0 Å². The number of benzene rings is 1. The van der Waals surface area contributed by atoms with Crippen LogP contribution in [0.3, 0.4) is 0 Å². The van der Waals surface area contributed by atoms with E-state index in [-0.39, 0.29) is 11.5 Å². The normalized spacial score (nSPS) is 14.5. The Balaban J connectivity index is 1.51. The van der Waals surface area contributed by atoms with Crippen molar-refractivity contribution in [1.29, 1.82) is 0 Å². The van der Waals surface area contributed by atoms with Crippen molar-refractivity contribution >= 4 is 23.1 Å². The number of nitrogens with zero attached hydrogens (tertiary/aromatic N) is 5. The largest absolute Gasteiger partial charge is 0.353 e. The van der Waals surface area contributed by atoms with Crippen molar-refractivity contribution < 1.29 is 4.92 Å². The predicted molar refractivity (Wildman–Crippen MR) is 116 cm³/mol. The molecule has 1 fully saturated rings. The van der Waals surface area contributed by atoms with Gasteiger partial charge in [-0.3, -0.25) is 10.1 Å². The fourth-order valence-electron chi connectivity index (χ4n) is 3.88. The maximum Gasteiger partial charge on any atom is 0.353 e. The minimum absolute atomic E-state index is 0.109. The summed E-state index contributed by atoms with van der Waals surface area (Å²) in [6.07, 6.45) is 6.00. The van der Waals surface area contributed by atoms with Crippen molar-refractivity contribution in [3.63, 3.8) is 0 Å². The SMILES string of the molecule is Cc1ccnc(Nc2ncnc(N3CCC(Cc4ccccc4)CC3)c2[N+](=O)[O-])c1. The lowest BCUT2D eigenvalue weighted by atomic mass is 9.90. The highest BCUT2D eigenvalue weighted by atomic mass is 16.6. The molecule has 1 saturated heterocycles. The third-order valence-electron chi connectivity index (χ3n) is 5.43. The molecule has 0 radical (unpaired) electrons. The Labute approximate surface area is 175 Å². The first-order valence-corrected chi connectivity index (χ1v) is 10.1. The molecule has 154 valence electrons. The molecule has 1 aliphatic heterocycles. The Morgan fingerprint density at radius 3 is 2.60 bits per heavy atom. The second-order valence-corrected chi connectivity index (χ2v) is 7.62. The van der Waals surface area contributed by atoms with Crippen molar-refractivity contribution in [2.75, 3.05) is 23.3 Å². The van der Waals surface area contributed by atoms with E-state index in [1.165, 1.54) is 11.9 Å². The van der Waals surface area contributed by atoms with Crippen molar-refractivity contribution in [1.82, 2.24) is 15.0 Å². The lowest BCUT2D eigenvalue weighted by Gasteiger charge is -2.32. The standard InChI is InChI=1S/C22H24N6O2/c1-16-7-10-23-19(13-16)26-21-20(28(29)30)22(25-15-24-21)27-11-8-18(9-12-27)14-17-5-3-2-4-6-17/h2-7,10,13,15,18H,8-9,11-12,14H2,1H3,(H,23,24,25,26). The smallest absolute Gasteiger partial charge is 0.351 e. The lowest BCUT2D eigenvalue weighted by molar-refractivity contribution is -0.383. The van der Waals surface area contributed by atoms with Gasteiger partial charge in [0.1, 0.15) is 12.1 Å². The van der Waals surface area contributed by atoms with Crippen LogP contribution in [0, 0.1) is 23.0 Å². The number of anilines is 3. The van der Waals surface area contributed by atoms with Crippen LogP contribution in [0.25, 0.3) is 0 Å². The van der Waals surface area contributed by atoms with Crippen molar-refractivity contribution in [2.45, 2.75) is 26.2 Å². The van der Waals surface area contributed by atoms with E-state index in [1.54, 1.807) is 6.20 Å². The van der Waals surface area contributed by atoms with Gasteiger partial charge in [0, 0.05) is 19.3 Å². The molecule has 0 bridgehead atoms. The van der Waals surface area contributed by atoms with Crippen LogP contribution in [-0.4, -0.2) is 33.0 Å². The molecule has 8 nitrogen and oxygen atoms in total. The van der Waals surface area contributed by atoms with Gasteiger partial charge >= 0.3 is 5.69 Å². The quantitative estimate of drug-likeness (QED) is 0.483. The predicted octanol–water partition coefficient (Wildman–Crippen LogP) is 4.29. The number of aromatic nitrogens is 3. The molecule has 0 saturated carbocycles. The van der Waals surface area contributed by atoms with Gasteiger partial charge in [-0.25, -0.2) is 15.0 Å². The van der Waals surface area contributed by atoms with Crippen LogP contribution >= 0.6 is 0 Å². The van der Waals surface area contributed by atoms with Gasteiger partial charge in [0.2, 0.25) is 11.6 Å². The first kappa shape index (κ1) is 19.8. The minimum Gasteiger partial charge on any atom is -0.351 e. The number of piperidine rings is 1. The first-order chi connectivity index (χ1) is 14.6. The van der Waals surface area contributed by atoms with Gasteiger partial charge in [-0.05, 0) is 55.4 Å². The second kappa shape index (κ2) is 8.86. The molecule has 8 heteroatoms. The number of aryl methyl sites for hydroxylation is 1. The zero-order valence-corrected chi connectivity index (χ0v) is 16.9. The highest BCUT2D eigenvalue weighted by molar-refractivity contribution is 5.73. The molecule has 2 aromatic heterocycles. The molecule has 0 unspecified atom stereocenters. The molecule has 0 spiro atoms. The highest BCUT2D eigenvalue weighted by Crippen LogP contribution is 2.35. The Hall–Kier alpha value is -3.55. The summed E-state index contributed by atoms with van der Waals surface area (Å²) in [4.78, 5) is 26.1. The molecule has 1 N–H and O–H groups in total. The molecular weight excluding hydrogens is 380 g/mol. The molecule has 4 rings (SSSR count). The van der Waals surface area contributed by atoms with E-state index < -0.39 is 4.92 Å². The zero-order valence-electron chi connectivity index (χ0n) is 16.9. The fourth-order valence-corrected chi connectivity index (χ4v) is 3.88. The van der Waals surface area contributed by atoms with Crippen LogP contribution in [0.5, 0.6) is 0 Å². The van der Waals surface area contributed by atoms with E-state index in [2.05, 4.69) is 44.5 Å². The number of rotatable bonds is 6. The van der Waals surface area contributed by atoms with E-state index in [0.29, 0.717) is 17.6 Å². The topological polar surface area (TPSA) is 97.1 Å². The van der Waals surface area contributed by atoms with E-state index in [0.717, 1.165) is 37.9 Å². The van der Waals surface area contributed by atoms with Gasteiger partial charge in [-0.15, -0.1) is 0 Å². The number of pyridine rings is 1. The Morgan fingerprint density at radius 1 is 1.13 bits per heavy atom. The maximum atomic E-state index is 11.9. The molecule has 1 aromatic carbocycles. The number of hydrogen-bond donors (Lipinski definition) is 1. The summed E-state index contributed by atoms with van der Waals surface area (Å²) < 4.78 is 0. The van der Waals surface area contributed by atoms with Crippen LogP contribution < -0.4 is 10.2 Å². The Kier molecular flexibility index (Phi) is 5.83. The molecule has 0 amide bonds. The first-order valence-electron chi connectivity index (χ1n) is 10.1. The van der Waals surface area contributed by atoms with E-state index >= 15 is 0 Å². The van der Waals surface area contributed by atoms with Crippen molar-refractivity contribution in [3.8, 4) is 0 Å². The summed E-state index contributed by atoms with van der Waals surface area (Å²) in [5.41, 5.74) is 2.23. The number of nitrogens with one attached hydrogen (secondary N) is 1. The number of nitro groups is 1. The molecule has 3 heterocycles. The van der Waals surface area contributed by atoms with Crippen molar-refractivity contribution in [3.05, 3.63) is 76.2 Å². The van der Waals surface area contributed by atoms with Gasteiger partial charge in [-0.1, -0.05) is 30.3 Å². The average molecular weight is 404 g/mol.